The van der Waals surface area contributed by atoms with Crippen molar-refractivity contribution in [3.8, 4) is 16.9 Å². The Bertz CT molecular complexity index is 1010. The lowest BCUT2D eigenvalue weighted by molar-refractivity contribution is -0.119. The third kappa shape index (κ3) is 4.57. The standard InChI is InChI=1S/C24H28N4O/c1-17-7-9-23(10-8-17)28-15-21(14-27-12-11-22(16-27)25-19(3)29)24(26-28)20-6-4-5-18(2)13-20/h4-10,13,15,22H,11-12,14,16H2,1-3H3,(H,25,29)/t22-/m0/s1. The molecule has 5 nitrogen and oxygen atoms in total. The molecule has 1 aliphatic heterocycles. The molecule has 0 bridgehead atoms. The van der Waals surface area contributed by atoms with Crippen molar-refractivity contribution in [2.75, 3.05) is 13.1 Å². The molecular weight excluding hydrogens is 360 g/mol. The molecule has 0 saturated carbocycles. The second-order valence-electron chi connectivity index (χ2n) is 8.07. The molecule has 2 aromatic carbocycles. The topological polar surface area (TPSA) is 50.2 Å². The Labute approximate surface area is 172 Å². The van der Waals surface area contributed by atoms with Crippen LogP contribution in [0.4, 0.5) is 0 Å². The molecule has 0 aliphatic carbocycles. The zero-order valence-electron chi connectivity index (χ0n) is 17.4. The maximum absolute atomic E-state index is 11.4. The van der Waals surface area contributed by atoms with E-state index < -0.39 is 0 Å². The van der Waals surface area contributed by atoms with Crippen molar-refractivity contribution in [2.45, 2.75) is 39.8 Å². The van der Waals surface area contributed by atoms with E-state index in [4.69, 9.17) is 5.10 Å². The van der Waals surface area contributed by atoms with Gasteiger partial charge in [0.15, 0.2) is 0 Å². The van der Waals surface area contributed by atoms with Gasteiger partial charge in [0, 0.05) is 49.9 Å². The highest BCUT2D eigenvalue weighted by Crippen LogP contribution is 2.27. The minimum absolute atomic E-state index is 0.0458. The predicted molar refractivity (Wildman–Crippen MR) is 116 cm³/mol. The SMILES string of the molecule is CC(=O)N[C@H]1CCN(Cc2cn(-c3ccc(C)cc3)nc2-c2cccc(C)c2)C1. The van der Waals surface area contributed by atoms with E-state index in [0.29, 0.717) is 0 Å². The van der Waals surface area contributed by atoms with Crippen molar-refractivity contribution in [1.29, 1.82) is 0 Å². The number of carbonyl (C=O) groups excluding carboxylic acids is 1. The molecule has 2 heterocycles. The Balaban J connectivity index is 1.64. The molecule has 1 atom stereocenters. The fraction of sp³-hybridized carbons (Fsp3) is 0.333. The number of aromatic nitrogens is 2. The molecule has 3 aromatic rings. The van der Waals surface area contributed by atoms with Crippen LogP contribution >= 0.6 is 0 Å². The van der Waals surface area contributed by atoms with Crippen LogP contribution in [0.2, 0.25) is 0 Å². The van der Waals surface area contributed by atoms with E-state index >= 15 is 0 Å². The van der Waals surface area contributed by atoms with Crippen LogP contribution in [-0.4, -0.2) is 39.7 Å². The van der Waals surface area contributed by atoms with E-state index in [2.05, 4.69) is 78.8 Å². The molecule has 1 aliphatic rings. The molecule has 0 unspecified atom stereocenters. The molecule has 0 radical (unpaired) electrons. The summed E-state index contributed by atoms with van der Waals surface area (Å²) in [7, 11) is 0. The van der Waals surface area contributed by atoms with Crippen LogP contribution in [0, 0.1) is 13.8 Å². The summed E-state index contributed by atoms with van der Waals surface area (Å²) in [5, 5.41) is 8.00. The number of nitrogens with one attached hydrogen (secondary N) is 1. The van der Waals surface area contributed by atoms with Gasteiger partial charge in [0.25, 0.3) is 0 Å². The average Bonchev–Trinajstić information content (AvgIpc) is 3.29. The van der Waals surface area contributed by atoms with Gasteiger partial charge in [-0.2, -0.15) is 5.10 Å². The van der Waals surface area contributed by atoms with Crippen molar-refractivity contribution >= 4 is 5.91 Å². The first-order valence-corrected chi connectivity index (χ1v) is 10.2. The molecule has 1 fully saturated rings. The van der Waals surface area contributed by atoms with Gasteiger partial charge in [-0.15, -0.1) is 0 Å². The molecule has 0 spiro atoms. The number of nitrogens with zero attached hydrogens (tertiary/aromatic N) is 3. The second-order valence-corrected chi connectivity index (χ2v) is 8.07. The molecule has 1 N–H and O–H groups in total. The number of aryl methyl sites for hydroxylation is 2. The lowest BCUT2D eigenvalue weighted by Gasteiger charge is -2.16. The van der Waals surface area contributed by atoms with Crippen molar-refractivity contribution < 1.29 is 4.79 Å². The van der Waals surface area contributed by atoms with Gasteiger partial charge in [-0.3, -0.25) is 9.69 Å². The summed E-state index contributed by atoms with van der Waals surface area (Å²) in [4.78, 5) is 13.8. The summed E-state index contributed by atoms with van der Waals surface area (Å²) >= 11 is 0. The minimum Gasteiger partial charge on any atom is -0.352 e. The van der Waals surface area contributed by atoms with Crippen molar-refractivity contribution in [3.63, 3.8) is 0 Å². The monoisotopic (exact) mass is 388 g/mol. The Hall–Kier alpha value is -2.92. The quantitative estimate of drug-likeness (QED) is 0.722. The first-order valence-electron chi connectivity index (χ1n) is 10.2. The van der Waals surface area contributed by atoms with E-state index in [-0.39, 0.29) is 11.9 Å². The second kappa shape index (κ2) is 8.21. The molecule has 1 aromatic heterocycles. The third-order valence-electron chi connectivity index (χ3n) is 5.45. The molecule has 150 valence electrons. The normalized spacial score (nSPS) is 16.9. The number of hydrogen-bond acceptors (Lipinski definition) is 3. The molecule has 4 rings (SSSR count). The summed E-state index contributed by atoms with van der Waals surface area (Å²) < 4.78 is 1.98. The number of likely N-dealkylation sites (tertiary alicyclic amines) is 1. The lowest BCUT2D eigenvalue weighted by atomic mass is 10.1. The predicted octanol–water partition coefficient (Wildman–Crippen LogP) is 3.87. The van der Waals surface area contributed by atoms with Crippen LogP contribution in [0.1, 0.15) is 30.0 Å². The number of benzene rings is 2. The van der Waals surface area contributed by atoms with Crippen LogP contribution in [-0.2, 0) is 11.3 Å². The average molecular weight is 389 g/mol. The van der Waals surface area contributed by atoms with Crippen LogP contribution < -0.4 is 5.32 Å². The van der Waals surface area contributed by atoms with Crippen LogP contribution in [0.25, 0.3) is 16.9 Å². The first-order chi connectivity index (χ1) is 14.0. The summed E-state index contributed by atoms with van der Waals surface area (Å²) in [6, 6.07) is 17.2. The van der Waals surface area contributed by atoms with Gasteiger partial charge in [0.05, 0.1) is 11.4 Å². The summed E-state index contributed by atoms with van der Waals surface area (Å²) in [6.45, 7) is 8.47. The lowest BCUT2D eigenvalue weighted by Crippen LogP contribution is -2.35. The number of amides is 1. The number of rotatable bonds is 5. The number of carbonyl (C=O) groups is 1. The van der Waals surface area contributed by atoms with E-state index in [9.17, 15) is 4.79 Å². The van der Waals surface area contributed by atoms with Crippen LogP contribution in [0.5, 0.6) is 0 Å². The van der Waals surface area contributed by atoms with Gasteiger partial charge in [0.1, 0.15) is 0 Å². The Kier molecular flexibility index (Phi) is 5.49. The highest BCUT2D eigenvalue weighted by atomic mass is 16.1. The van der Waals surface area contributed by atoms with Gasteiger partial charge in [-0.1, -0.05) is 41.5 Å². The van der Waals surface area contributed by atoms with E-state index in [1.807, 2.05) is 4.68 Å². The summed E-state index contributed by atoms with van der Waals surface area (Å²) in [5.41, 5.74) is 6.90. The van der Waals surface area contributed by atoms with Gasteiger partial charge >= 0.3 is 0 Å². The Morgan fingerprint density at radius 3 is 2.66 bits per heavy atom. The molecule has 5 heteroatoms. The van der Waals surface area contributed by atoms with Gasteiger partial charge in [-0.25, -0.2) is 4.68 Å². The molecular formula is C24H28N4O. The van der Waals surface area contributed by atoms with Crippen molar-refractivity contribution in [3.05, 3.63) is 71.4 Å². The fourth-order valence-corrected chi connectivity index (χ4v) is 4.01. The zero-order chi connectivity index (χ0) is 20.4. The minimum atomic E-state index is 0.0458. The summed E-state index contributed by atoms with van der Waals surface area (Å²) in [6.07, 6.45) is 3.14. The Morgan fingerprint density at radius 1 is 1.14 bits per heavy atom. The summed E-state index contributed by atoms with van der Waals surface area (Å²) in [5.74, 6) is 0.0458. The molecule has 1 saturated heterocycles. The molecule has 29 heavy (non-hydrogen) atoms. The number of hydrogen-bond donors (Lipinski definition) is 1. The van der Waals surface area contributed by atoms with Crippen LogP contribution in [0.15, 0.2) is 54.7 Å². The first kappa shape index (κ1) is 19.4. The fourth-order valence-electron chi connectivity index (χ4n) is 4.01. The van der Waals surface area contributed by atoms with E-state index in [0.717, 1.165) is 43.0 Å². The van der Waals surface area contributed by atoms with Crippen LogP contribution in [0.3, 0.4) is 0 Å². The Morgan fingerprint density at radius 2 is 1.93 bits per heavy atom. The van der Waals surface area contributed by atoms with Gasteiger partial charge in [-0.05, 0) is 38.5 Å². The smallest absolute Gasteiger partial charge is 0.217 e. The maximum Gasteiger partial charge on any atom is 0.217 e. The van der Waals surface area contributed by atoms with E-state index in [1.165, 1.54) is 16.7 Å². The van der Waals surface area contributed by atoms with Gasteiger partial charge in [0.2, 0.25) is 5.91 Å². The highest BCUT2D eigenvalue weighted by molar-refractivity contribution is 5.73. The molecule has 1 amide bonds. The maximum atomic E-state index is 11.4. The van der Waals surface area contributed by atoms with Crippen molar-refractivity contribution in [1.82, 2.24) is 20.0 Å². The highest BCUT2D eigenvalue weighted by Gasteiger charge is 2.24. The zero-order valence-corrected chi connectivity index (χ0v) is 17.4. The van der Waals surface area contributed by atoms with Gasteiger partial charge < -0.3 is 5.32 Å². The third-order valence-corrected chi connectivity index (χ3v) is 5.45. The largest absolute Gasteiger partial charge is 0.352 e. The van der Waals surface area contributed by atoms with E-state index in [1.54, 1.807) is 6.92 Å². The van der Waals surface area contributed by atoms with Crippen molar-refractivity contribution in [2.24, 2.45) is 0 Å².